The number of amides is 1. The number of thiazole rings is 1. The Morgan fingerprint density at radius 3 is 3.20 bits per heavy atom. The van der Waals surface area contributed by atoms with Crippen molar-refractivity contribution in [2.45, 2.75) is 32.7 Å². The zero-order valence-corrected chi connectivity index (χ0v) is 12.2. The van der Waals surface area contributed by atoms with E-state index < -0.39 is 0 Å². The van der Waals surface area contributed by atoms with Crippen molar-refractivity contribution in [2.75, 3.05) is 0 Å². The number of pyridine rings is 1. The largest absolute Gasteiger partial charge is 0.350 e. The summed E-state index contributed by atoms with van der Waals surface area (Å²) >= 11 is 1.72. The lowest BCUT2D eigenvalue weighted by Gasteiger charge is -2.20. The summed E-state index contributed by atoms with van der Waals surface area (Å²) in [6.45, 7) is 2.53. The molecule has 1 amide bonds. The van der Waals surface area contributed by atoms with Crippen LogP contribution in [0, 0.1) is 12.8 Å². The summed E-state index contributed by atoms with van der Waals surface area (Å²) < 4.78 is 0. The van der Waals surface area contributed by atoms with Gasteiger partial charge in [-0.25, -0.2) is 4.98 Å². The Hall–Kier alpha value is -1.75. The van der Waals surface area contributed by atoms with Gasteiger partial charge in [-0.3, -0.25) is 9.78 Å². The van der Waals surface area contributed by atoms with Gasteiger partial charge in [-0.05, 0) is 38.3 Å². The molecule has 1 aliphatic rings. The molecule has 104 valence electrons. The highest BCUT2D eigenvalue weighted by Crippen LogP contribution is 2.29. The van der Waals surface area contributed by atoms with Crippen molar-refractivity contribution in [3.05, 3.63) is 45.7 Å². The minimum Gasteiger partial charge on any atom is -0.350 e. The Bertz CT molecular complexity index is 609. The first-order valence-corrected chi connectivity index (χ1v) is 7.67. The Balaban J connectivity index is 1.59. The number of fused-ring (bicyclic) bond motifs is 1. The average molecular weight is 287 g/mol. The molecular formula is C15H17N3OS. The predicted molar refractivity (Wildman–Crippen MR) is 78.4 cm³/mol. The fraction of sp³-hybridized carbons (Fsp3) is 0.400. The van der Waals surface area contributed by atoms with Gasteiger partial charge in [0.2, 0.25) is 5.91 Å². The van der Waals surface area contributed by atoms with Crippen LogP contribution >= 0.6 is 11.3 Å². The maximum absolute atomic E-state index is 12.2. The Morgan fingerprint density at radius 2 is 2.40 bits per heavy atom. The number of aryl methyl sites for hydroxylation is 2. The van der Waals surface area contributed by atoms with Gasteiger partial charge in [0.1, 0.15) is 0 Å². The Morgan fingerprint density at radius 1 is 1.50 bits per heavy atom. The highest BCUT2D eigenvalue weighted by atomic mass is 32.1. The van der Waals surface area contributed by atoms with Gasteiger partial charge in [0.05, 0.1) is 22.9 Å². The van der Waals surface area contributed by atoms with Crippen LogP contribution in [0.4, 0.5) is 0 Å². The van der Waals surface area contributed by atoms with Crippen LogP contribution in [0.1, 0.15) is 27.7 Å². The molecule has 4 nitrogen and oxygen atoms in total. The molecule has 0 bridgehead atoms. The number of nitrogens with zero attached hydrogens (tertiary/aromatic N) is 2. The Labute approximate surface area is 122 Å². The van der Waals surface area contributed by atoms with Crippen LogP contribution < -0.4 is 5.32 Å². The molecule has 1 atom stereocenters. The van der Waals surface area contributed by atoms with Crippen molar-refractivity contribution in [1.82, 2.24) is 15.3 Å². The smallest absolute Gasteiger partial charge is 0.223 e. The first-order valence-electron chi connectivity index (χ1n) is 6.85. The summed E-state index contributed by atoms with van der Waals surface area (Å²) in [7, 11) is 0. The van der Waals surface area contributed by atoms with Crippen LogP contribution in [0.2, 0.25) is 0 Å². The second-order valence-electron chi connectivity index (χ2n) is 5.08. The molecule has 0 fully saturated rings. The summed E-state index contributed by atoms with van der Waals surface area (Å²) in [5.41, 5.74) is 2.09. The SMILES string of the molecule is Cc1nc2c(s1)CC(C(=O)NCc1ccccn1)CC2. The van der Waals surface area contributed by atoms with E-state index in [-0.39, 0.29) is 11.8 Å². The molecule has 1 unspecified atom stereocenters. The Kier molecular flexibility index (Phi) is 3.78. The van der Waals surface area contributed by atoms with E-state index in [1.54, 1.807) is 17.5 Å². The number of carbonyl (C=O) groups is 1. The van der Waals surface area contributed by atoms with Gasteiger partial charge in [0.15, 0.2) is 0 Å². The number of aromatic nitrogens is 2. The fourth-order valence-electron chi connectivity index (χ4n) is 2.55. The van der Waals surface area contributed by atoms with Gasteiger partial charge in [0, 0.05) is 17.0 Å². The van der Waals surface area contributed by atoms with Crippen molar-refractivity contribution in [2.24, 2.45) is 5.92 Å². The summed E-state index contributed by atoms with van der Waals surface area (Å²) in [5, 5.41) is 4.09. The number of hydrogen-bond acceptors (Lipinski definition) is 4. The molecule has 1 N–H and O–H groups in total. The van der Waals surface area contributed by atoms with Crippen molar-refractivity contribution in [3.8, 4) is 0 Å². The second-order valence-corrected chi connectivity index (χ2v) is 6.37. The zero-order valence-electron chi connectivity index (χ0n) is 11.4. The predicted octanol–water partition coefficient (Wildman–Crippen LogP) is 2.27. The fourth-order valence-corrected chi connectivity index (χ4v) is 3.61. The van der Waals surface area contributed by atoms with Crippen LogP contribution in [0.3, 0.4) is 0 Å². The summed E-state index contributed by atoms with van der Waals surface area (Å²) in [5.74, 6) is 0.207. The molecule has 0 aromatic carbocycles. The first-order chi connectivity index (χ1) is 9.72. The van der Waals surface area contributed by atoms with Gasteiger partial charge in [0.25, 0.3) is 0 Å². The van der Waals surface area contributed by atoms with Crippen LogP contribution in [-0.4, -0.2) is 15.9 Å². The third kappa shape index (κ3) is 2.88. The molecule has 2 aromatic heterocycles. The van der Waals surface area contributed by atoms with Crippen LogP contribution in [-0.2, 0) is 24.2 Å². The summed E-state index contributed by atoms with van der Waals surface area (Å²) in [4.78, 5) is 22.2. The van der Waals surface area contributed by atoms with E-state index in [4.69, 9.17) is 0 Å². The molecule has 0 radical (unpaired) electrons. The standard InChI is InChI=1S/C15H17N3OS/c1-10-18-13-6-5-11(8-14(13)20-10)15(19)17-9-12-4-2-3-7-16-12/h2-4,7,11H,5-6,8-9H2,1H3,(H,17,19). The maximum Gasteiger partial charge on any atom is 0.223 e. The third-order valence-electron chi connectivity index (χ3n) is 3.59. The van der Waals surface area contributed by atoms with E-state index >= 15 is 0 Å². The maximum atomic E-state index is 12.2. The summed E-state index contributed by atoms with van der Waals surface area (Å²) in [6.07, 6.45) is 4.38. The van der Waals surface area contributed by atoms with Crippen LogP contribution in [0.5, 0.6) is 0 Å². The molecule has 1 aliphatic carbocycles. The number of nitrogens with one attached hydrogen (secondary N) is 1. The lowest BCUT2D eigenvalue weighted by Crippen LogP contribution is -2.33. The number of carbonyl (C=O) groups excluding carboxylic acids is 1. The molecule has 20 heavy (non-hydrogen) atoms. The molecule has 0 saturated carbocycles. The topological polar surface area (TPSA) is 54.9 Å². The molecular weight excluding hydrogens is 270 g/mol. The van der Waals surface area contributed by atoms with Gasteiger partial charge in [-0.15, -0.1) is 11.3 Å². The summed E-state index contributed by atoms with van der Waals surface area (Å²) in [6, 6.07) is 5.73. The molecule has 5 heteroatoms. The molecule has 0 spiro atoms. The van der Waals surface area contributed by atoms with Gasteiger partial charge >= 0.3 is 0 Å². The van der Waals surface area contributed by atoms with Gasteiger partial charge in [-0.2, -0.15) is 0 Å². The quantitative estimate of drug-likeness (QED) is 0.942. The first kappa shape index (κ1) is 13.2. The van der Waals surface area contributed by atoms with Gasteiger partial charge in [-0.1, -0.05) is 6.07 Å². The highest BCUT2D eigenvalue weighted by Gasteiger charge is 2.26. The van der Waals surface area contributed by atoms with Crippen molar-refractivity contribution < 1.29 is 4.79 Å². The van der Waals surface area contributed by atoms with Crippen molar-refractivity contribution in [1.29, 1.82) is 0 Å². The lowest BCUT2D eigenvalue weighted by atomic mass is 9.90. The second kappa shape index (κ2) is 5.71. The molecule has 2 heterocycles. The monoisotopic (exact) mass is 287 g/mol. The van der Waals surface area contributed by atoms with Crippen molar-refractivity contribution in [3.63, 3.8) is 0 Å². The van der Waals surface area contributed by atoms with E-state index in [1.165, 1.54) is 10.6 Å². The minimum atomic E-state index is 0.0751. The average Bonchev–Trinajstić information content (AvgIpc) is 2.85. The third-order valence-corrected chi connectivity index (χ3v) is 4.62. The van der Waals surface area contributed by atoms with E-state index in [0.717, 1.165) is 30.0 Å². The van der Waals surface area contributed by atoms with E-state index in [0.29, 0.717) is 6.54 Å². The van der Waals surface area contributed by atoms with E-state index in [1.807, 2.05) is 25.1 Å². The van der Waals surface area contributed by atoms with E-state index in [9.17, 15) is 4.79 Å². The van der Waals surface area contributed by atoms with Gasteiger partial charge < -0.3 is 5.32 Å². The zero-order chi connectivity index (χ0) is 13.9. The number of rotatable bonds is 3. The lowest BCUT2D eigenvalue weighted by molar-refractivity contribution is -0.125. The minimum absolute atomic E-state index is 0.0751. The molecule has 3 rings (SSSR count). The molecule has 0 saturated heterocycles. The van der Waals surface area contributed by atoms with E-state index in [2.05, 4.69) is 15.3 Å². The van der Waals surface area contributed by atoms with Crippen LogP contribution in [0.25, 0.3) is 0 Å². The molecule has 0 aliphatic heterocycles. The highest BCUT2D eigenvalue weighted by molar-refractivity contribution is 7.11. The number of hydrogen-bond donors (Lipinski definition) is 1. The molecule has 2 aromatic rings. The van der Waals surface area contributed by atoms with Crippen molar-refractivity contribution >= 4 is 17.2 Å². The van der Waals surface area contributed by atoms with Crippen LogP contribution in [0.15, 0.2) is 24.4 Å². The normalized spacial score (nSPS) is 17.6.